The molecule has 0 saturated carbocycles. The van der Waals surface area contributed by atoms with Crippen LogP contribution in [0.15, 0.2) is 30.0 Å². The molecule has 0 atom stereocenters. The Morgan fingerprint density at radius 2 is 2.30 bits per heavy atom. The fourth-order valence-electron chi connectivity index (χ4n) is 1.54. The molecule has 6 heteroatoms. The van der Waals surface area contributed by atoms with E-state index in [9.17, 15) is 4.79 Å². The maximum atomic E-state index is 12.0. The van der Waals surface area contributed by atoms with E-state index in [2.05, 4.69) is 27.9 Å². The Bertz CT molecular complexity index is 564. The van der Waals surface area contributed by atoms with Crippen molar-refractivity contribution >= 4 is 34.2 Å². The number of nitrogens with zero attached hydrogens (tertiary/aromatic N) is 2. The summed E-state index contributed by atoms with van der Waals surface area (Å²) in [6.07, 6.45) is 1.42. The predicted molar refractivity (Wildman–Crippen MR) is 85.9 cm³/mol. The lowest BCUT2D eigenvalue weighted by molar-refractivity contribution is -0.112. The summed E-state index contributed by atoms with van der Waals surface area (Å²) in [6, 6.07) is 7.51. The Kier molecular flexibility index (Phi) is 6.48. The third-order valence-corrected chi connectivity index (χ3v) is 3.27. The number of aliphatic hydroxyl groups is 1. The minimum Gasteiger partial charge on any atom is -0.395 e. The van der Waals surface area contributed by atoms with Crippen molar-refractivity contribution in [3.05, 3.63) is 39.1 Å². The molecule has 1 aromatic carbocycles. The largest absolute Gasteiger partial charge is 0.395 e. The molecule has 5 nitrogen and oxygen atoms in total. The molecule has 0 aliphatic carbocycles. The van der Waals surface area contributed by atoms with Gasteiger partial charge in [-0.3, -0.25) is 4.79 Å². The minimum absolute atomic E-state index is 0.00102. The molecule has 0 spiro atoms. The van der Waals surface area contributed by atoms with Gasteiger partial charge in [0.15, 0.2) is 0 Å². The van der Waals surface area contributed by atoms with Crippen LogP contribution in [0.4, 0.5) is 5.69 Å². The van der Waals surface area contributed by atoms with Crippen molar-refractivity contribution in [2.24, 2.45) is 0 Å². The number of carbonyl (C=O) groups is 1. The molecule has 0 aliphatic rings. The number of likely N-dealkylation sites (N-methyl/N-ethyl adjacent to an activating group) is 1. The van der Waals surface area contributed by atoms with Crippen molar-refractivity contribution in [1.29, 1.82) is 5.26 Å². The molecule has 1 rings (SSSR count). The Morgan fingerprint density at radius 1 is 1.60 bits per heavy atom. The first-order chi connectivity index (χ1) is 9.47. The van der Waals surface area contributed by atoms with E-state index in [1.54, 1.807) is 18.0 Å². The van der Waals surface area contributed by atoms with Crippen molar-refractivity contribution in [2.75, 3.05) is 25.5 Å². The van der Waals surface area contributed by atoms with Gasteiger partial charge >= 0.3 is 0 Å². The molecule has 0 aliphatic heterocycles. The fraction of sp³-hybridized carbons (Fsp3) is 0.286. The van der Waals surface area contributed by atoms with Crippen LogP contribution in [0.1, 0.15) is 5.56 Å². The second-order valence-corrected chi connectivity index (χ2v) is 5.52. The molecule has 20 heavy (non-hydrogen) atoms. The summed E-state index contributed by atoms with van der Waals surface area (Å²) in [5.41, 5.74) is 1.62. The van der Waals surface area contributed by atoms with E-state index < -0.39 is 5.91 Å². The number of amides is 1. The molecule has 0 unspecified atom stereocenters. The highest BCUT2D eigenvalue weighted by molar-refractivity contribution is 14.1. The Hall–Kier alpha value is -1.59. The van der Waals surface area contributed by atoms with Gasteiger partial charge in [-0.05, 0) is 53.3 Å². The Morgan fingerprint density at radius 3 is 2.85 bits per heavy atom. The van der Waals surface area contributed by atoms with Crippen molar-refractivity contribution in [1.82, 2.24) is 4.90 Å². The number of benzene rings is 1. The zero-order valence-electron chi connectivity index (χ0n) is 11.4. The van der Waals surface area contributed by atoms with Crippen LogP contribution in [0.3, 0.4) is 0 Å². The molecular formula is C14H16IN3O2. The summed E-state index contributed by atoms with van der Waals surface area (Å²) in [4.78, 5) is 13.6. The van der Waals surface area contributed by atoms with Gasteiger partial charge in [-0.1, -0.05) is 0 Å². The lowest BCUT2D eigenvalue weighted by atomic mass is 10.2. The highest BCUT2D eigenvalue weighted by atomic mass is 127. The molecule has 0 heterocycles. The van der Waals surface area contributed by atoms with Gasteiger partial charge in [0.05, 0.1) is 6.61 Å². The van der Waals surface area contributed by atoms with Crippen LogP contribution in [0, 0.1) is 21.8 Å². The molecule has 1 amide bonds. The van der Waals surface area contributed by atoms with Crippen molar-refractivity contribution in [3.8, 4) is 6.07 Å². The smallest absolute Gasteiger partial charge is 0.267 e. The lowest BCUT2D eigenvalue weighted by Crippen LogP contribution is -2.20. The molecule has 0 radical (unpaired) electrons. The molecule has 0 bridgehead atoms. The summed E-state index contributed by atoms with van der Waals surface area (Å²) < 4.78 is 1.08. The van der Waals surface area contributed by atoms with Gasteiger partial charge in [0, 0.05) is 29.0 Å². The SMILES string of the molecule is Cc1cc(I)ccc1NC(=O)/C(C#N)=C\N(C)CCO. The molecular weight excluding hydrogens is 369 g/mol. The van der Waals surface area contributed by atoms with Gasteiger partial charge < -0.3 is 15.3 Å². The number of hydrogen-bond donors (Lipinski definition) is 2. The molecule has 0 fully saturated rings. The van der Waals surface area contributed by atoms with E-state index >= 15 is 0 Å². The molecule has 2 N–H and O–H groups in total. The summed E-state index contributed by atoms with van der Waals surface area (Å²) in [5, 5.41) is 20.6. The molecule has 1 aromatic rings. The number of nitrogens with one attached hydrogen (secondary N) is 1. The second kappa shape index (κ2) is 7.87. The van der Waals surface area contributed by atoms with Crippen LogP contribution >= 0.6 is 22.6 Å². The van der Waals surface area contributed by atoms with E-state index in [1.165, 1.54) is 6.20 Å². The van der Waals surface area contributed by atoms with E-state index in [0.717, 1.165) is 9.13 Å². The predicted octanol–water partition coefficient (Wildman–Crippen LogP) is 1.87. The lowest BCUT2D eigenvalue weighted by Gasteiger charge is -2.13. The van der Waals surface area contributed by atoms with Gasteiger partial charge in [-0.2, -0.15) is 5.26 Å². The third kappa shape index (κ3) is 4.83. The summed E-state index contributed by atoms with van der Waals surface area (Å²) >= 11 is 2.19. The summed E-state index contributed by atoms with van der Waals surface area (Å²) in [5.74, 6) is -0.457. The first-order valence-electron chi connectivity index (χ1n) is 5.98. The molecule has 0 aromatic heterocycles. The van der Waals surface area contributed by atoms with Crippen LogP contribution in [-0.2, 0) is 4.79 Å². The van der Waals surface area contributed by atoms with E-state index in [0.29, 0.717) is 12.2 Å². The zero-order chi connectivity index (χ0) is 15.1. The van der Waals surface area contributed by atoms with Gasteiger partial charge in [0.1, 0.15) is 11.6 Å². The van der Waals surface area contributed by atoms with Crippen LogP contribution in [-0.4, -0.2) is 36.1 Å². The van der Waals surface area contributed by atoms with E-state index in [4.69, 9.17) is 10.4 Å². The number of halogens is 1. The maximum absolute atomic E-state index is 12.0. The zero-order valence-corrected chi connectivity index (χ0v) is 13.5. The third-order valence-electron chi connectivity index (χ3n) is 2.60. The first-order valence-corrected chi connectivity index (χ1v) is 7.06. The molecule has 0 saturated heterocycles. The maximum Gasteiger partial charge on any atom is 0.267 e. The highest BCUT2D eigenvalue weighted by Crippen LogP contribution is 2.18. The van der Waals surface area contributed by atoms with Gasteiger partial charge in [0.25, 0.3) is 5.91 Å². The second-order valence-electron chi connectivity index (χ2n) is 4.27. The van der Waals surface area contributed by atoms with Crippen LogP contribution in [0.2, 0.25) is 0 Å². The topological polar surface area (TPSA) is 76.4 Å². The van der Waals surface area contributed by atoms with E-state index in [1.807, 2.05) is 25.1 Å². The van der Waals surface area contributed by atoms with Gasteiger partial charge in [-0.15, -0.1) is 0 Å². The number of aliphatic hydroxyl groups excluding tert-OH is 1. The minimum atomic E-state index is -0.457. The van der Waals surface area contributed by atoms with Crippen LogP contribution < -0.4 is 5.32 Å². The Balaban J connectivity index is 2.85. The number of hydrogen-bond acceptors (Lipinski definition) is 4. The van der Waals surface area contributed by atoms with Gasteiger partial charge in [0.2, 0.25) is 0 Å². The van der Waals surface area contributed by atoms with Crippen LogP contribution in [0.5, 0.6) is 0 Å². The number of carbonyl (C=O) groups excluding carboxylic acids is 1. The first kappa shape index (κ1) is 16.5. The van der Waals surface area contributed by atoms with Crippen molar-refractivity contribution < 1.29 is 9.90 Å². The number of anilines is 1. The Labute approximate surface area is 132 Å². The van der Waals surface area contributed by atoms with E-state index in [-0.39, 0.29) is 12.2 Å². The van der Waals surface area contributed by atoms with Gasteiger partial charge in [-0.25, -0.2) is 0 Å². The average Bonchev–Trinajstić information content (AvgIpc) is 2.39. The molecule has 106 valence electrons. The normalized spacial score (nSPS) is 10.8. The number of rotatable bonds is 5. The summed E-state index contributed by atoms with van der Waals surface area (Å²) in [7, 11) is 1.69. The fourth-order valence-corrected chi connectivity index (χ4v) is 2.18. The van der Waals surface area contributed by atoms with Crippen LogP contribution in [0.25, 0.3) is 0 Å². The summed E-state index contributed by atoms with van der Waals surface area (Å²) in [6.45, 7) is 2.22. The quantitative estimate of drug-likeness (QED) is 0.461. The number of nitriles is 1. The van der Waals surface area contributed by atoms with Crippen molar-refractivity contribution in [2.45, 2.75) is 6.92 Å². The standard InChI is InChI=1S/C14H16IN3O2/c1-10-7-12(15)3-4-13(10)17-14(20)11(8-16)9-18(2)5-6-19/h3-4,7,9,19H,5-6H2,1-2H3,(H,17,20)/b11-9-. The number of aryl methyl sites for hydroxylation is 1. The monoisotopic (exact) mass is 385 g/mol. The van der Waals surface area contributed by atoms with Crippen molar-refractivity contribution in [3.63, 3.8) is 0 Å². The highest BCUT2D eigenvalue weighted by Gasteiger charge is 2.11. The average molecular weight is 385 g/mol.